The molecule has 4 atom stereocenters. The van der Waals surface area contributed by atoms with Gasteiger partial charge in [-0.2, -0.15) is 0 Å². The summed E-state index contributed by atoms with van der Waals surface area (Å²) in [7, 11) is 0. The van der Waals surface area contributed by atoms with Crippen LogP contribution in [0.4, 0.5) is 0 Å². The van der Waals surface area contributed by atoms with Crippen LogP contribution in [0.3, 0.4) is 0 Å². The molecular weight excluding hydrogens is 204 g/mol. The summed E-state index contributed by atoms with van der Waals surface area (Å²) in [5.74, 6) is 0.301. The van der Waals surface area contributed by atoms with E-state index in [9.17, 15) is 4.79 Å². The van der Waals surface area contributed by atoms with Crippen LogP contribution >= 0.6 is 0 Å². The zero-order valence-corrected chi connectivity index (χ0v) is 10.8. The van der Waals surface area contributed by atoms with Gasteiger partial charge >= 0.3 is 0 Å². The lowest BCUT2D eigenvalue weighted by Crippen LogP contribution is -2.56. The van der Waals surface area contributed by atoms with Crippen molar-refractivity contribution in [2.75, 3.05) is 13.2 Å². The lowest BCUT2D eigenvalue weighted by molar-refractivity contribution is -0.145. The third kappa shape index (κ3) is 2.95. The van der Waals surface area contributed by atoms with E-state index in [4.69, 9.17) is 10.5 Å². The van der Waals surface area contributed by atoms with Gasteiger partial charge in [0, 0.05) is 6.54 Å². The maximum Gasteiger partial charge on any atom is 0.240 e. The van der Waals surface area contributed by atoms with Crippen molar-refractivity contribution in [1.82, 2.24) is 4.90 Å². The van der Waals surface area contributed by atoms with E-state index >= 15 is 0 Å². The smallest absolute Gasteiger partial charge is 0.240 e. The van der Waals surface area contributed by atoms with Gasteiger partial charge in [-0.3, -0.25) is 4.79 Å². The first-order chi connectivity index (χ1) is 7.47. The highest BCUT2D eigenvalue weighted by Crippen LogP contribution is 2.15. The van der Waals surface area contributed by atoms with E-state index in [2.05, 4.69) is 6.92 Å². The fourth-order valence-corrected chi connectivity index (χ4v) is 1.90. The van der Waals surface area contributed by atoms with Crippen molar-refractivity contribution in [1.29, 1.82) is 0 Å². The minimum atomic E-state index is -0.377. The average Bonchev–Trinajstić information content (AvgIpc) is 2.29. The number of rotatable bonds is 3. The van der Waals surface area contributed by atoms with Crippen LogP contribution < -0.4 is 5.73 Å². The van der Waals surface area contributed by atoms with Gasteiger partial charge in [-0.15, -0.1) is 0 Å². The van der Waals surface area contributed by atoms with Crippen LogP contribution in [0.25, 0.3) is 0 Å². The van der Waals surface area contributed by atoms with Gasteiger partial charge in [0.1, 0.15) is 0 Å². The summed E-state index contributed by atoms with van der Waals surface area (Å²) in [5.41, 5.74) is 5.98. The molecule has 0 aromatic rings. The van der Waals surface area contributed by atoms with Crippen molar-refractivity contribution in [3.8, 4) is 0 Å². The molecule has 1 aliphatic rings. The van der Waals surface area contributed by atoms with Crippen LogP contribution in [0.1, 0.15) is 34.1 Å². The highest BCUT2D eigenvalue weighted by Gasteiger charge is 2.32. The Labute approximate surface area is 98.1 Å². The molecule has 0 aromatic carbocycles. The van der Waals surface area contributed by atoms with Crippen molar-refractivity contribution in [3.05, 3.63) is 0 Å². The number of nitrogens with zero attached hydrogens (tertiary/aromatic N) is 1. The molecule has 1 fully saturated rings. The fraction of sp³-hybridized carbons (Fsp3) is 0.917. The SMILES string of the molecule is CCC(C)C(N)C(=O)N1CC(C)OCC1C. The average molecular weight is 228 g/mol. The molecule has 0 aromatic heterocycles. The number of amides is 1. The molecule has 1 amide bonds. The predicted octanol–water partition coefficient (Wildman–Crippen LogP) is 0.996. The topological polar surface area (TPSA) is 55.6 Å². The first kappa shape index (κ1) is 13.5. The zero-order chi connectivity index (χ0) is 12.3. The second-order valence-corrected chi connectivity index (χ2v) is 4.89. The summed E-state index contributed by atoms with van der Waals surface area (Å²) in [6, 6.07) is -0.239. The van der Waals surface area contributed by atoms with Crippen molar-refractivity contribution in [3.63, 3.8) is 0 Å². The molecule has 0 spiro atoms. The lowest BCUT2D eigenvalue weighted by Gasteiger charge is -2.38. The molecule has 1 saturated heterocycles. The predicted molar refractivity (Wildman–Crippen MR) is 64.0 cm³/mol. The van der Waals surface area contributed by atoms with Crippen molar-refractivity contribution < 1.29 is 9.53 Å². The third-order valence-electron chi connectivity index (χ3n) is 3.43. The Balaban J connectivity index is 2.64. The van der Waals surface area contributed by atoms with Gasteiger partial charge in [-0.05, 0) is 19.8 Å². The maximum atomic E-state index is 12.2. The highest BCUT2D eigenvalue weighted by atomic mass is 16.5. The summed E-state index contributed by atoms with van der Waals surface area (Å²) < 4.78 is 5.50. The standard InChI is InChI=1S/C12H24N2O2/c1-5-8(2)11(13)12(15)14-6-10(4)16-7-9(14)3/h8-11H,5-7,13H2,1-4H3. The van der Waals surface area contributed by atoms with E-state index in [1.54, 1.807) is 0 Å². The van der Waals surface area contributed by atoms with Crippen molar-refractivity contribution >= 4 is 5.91 Å². The summed E-state index contributed by atoms with van der Waals surface area (Å²) in [5, 5.41) is 0. The van der Waals surface area contributed by atoms with Gasteiger partial charge in [-0.25, -0.2) is 0 Å². The number of morpholine rings is 1. The normalized spacial score (nSPS) is 29.9. The largest absolute Gasteiger partial charge is 0.375 e. The Morgan fingerprint density at radius 1 is 1.56 bits per heavy atom. The molecule has 1 rings (SSSR count). The molecular formula is C12H24N2O2. The van der Waals surface area contributed by atoms with Crippen LogP contribution in [0.2, 0.25) is 0 Å². The maximum absolute atomic E-state index is 12.2. The summed E-state index contributed by atoms with van der Waals surface area (Å²) in [6.07, 6.45) is 1.05. The van der Waals surface area contributed by atoms with Crippen LogP contribution in [-0.2, 0) is 9.53 Å². The summed E-state index contributed by atoms with van der Waals surface area (Å²) >= 11 is 0. The number of hydrogen-bond donors (Lipinski definition) is 1. The monoisotopic (exact) mass is 228 g/mol. The Kier molecular flexibility index (Phi) is 4.74. The van der Waals surface area contributed by atoms with Crippen molar-refractivity contribution in [2.45, 2.75) is 52.3 Å². The minimum Gasteiger partial charge on any atom is -0.375 e. The zero-order valence-electron chi connectivity index (χ0n) is 10.8. The van der Waals surface area contributed by atoms with Crippen LogP contribution in [0, 0.1) is 5.92 Å². The molecule has 2 N–H and O–H groups in total. The molecule has 4 unspecified atom stereocenters. The highest BCUT2D eigenvalue weighted by molar-refractivity contribution is 5.82. The molecule has 0 bridgehead atoms. The van der Waals surface area contributed by atoms with Gasteiger partial charge in [0.05, 0.1) is 24.8 Å². The molecule has 4 heteroatoms. The van der Waals surface area contributed by atoms with Gasteiger partial charge in [0.25, 0.3) is 0 Å². The number of nitrogens with two attached hydrogens (primary N) is 1. The number of hydrogen-bond acceptors (Lipinski definition) is 3. The summed E-state index contributed by atoms with van der Waals surface area (Å²) in [6.45, 7) is 9.35. The third-order valence-corrected chi connectivity index (χ3v) is 3.43. The quantitative estimate of drug-likeness (QED) is 0.784. The van der Waals surface area contributed by atoms with Gasteiger partial charge < -0.3 is 15.4 Å². The Hall–Kier alpha value is -0.610. The minimum absolute atomic E-state index is 0.0667. The second kappa shape index (κ2) is 5.64. The Morgan fingerprint density at radius 2 is 2.19 bits per heavy atom. The van der Waals surface area contributed by atoms with Crippen LogP contribution in [0.5, 0.6) is 0 Å². The number of carbonyl (C=O) groups excluding carboxylic acids is 1. The number of ether oxygens (including phenoxy) is 1. The molecule has 16 heavy (non-hydrogen) atoms. The van der Waals surface area contributed by atoms with E-state index in [1.165, 1.54) is 0 Å². The van der Waals surface area contributed by atoms with Crippen LogP contribution in [-0.4, -0.2) is 42.1 Å². The fourth-order valence-electron chi connectivity index (χ4n) is 1.90. The lowest BCUT2D eigenvalue weighted by atomic mass is 9.98. The van der Waals surface area contributed by atoms with Gasteiger partial charge in [0.2, 0.25) is 5.91 Å². The van der Waals surface area contributed by atoms with E-state index < -0.39 is 0 Å². The van der Waals surface area contributed by atoms with Gasteiger partial charge in [0.15, 0.2) is 0 Å². The van der Waals surface area contributed by atoms with Gasteiger partial charge in [-0.1, -0.05) is 20.3 Å². The molecule has 0 radical (unpaired) electrons. The second-order valence-electron chi connectivity index (χ2n) is 4.89. The molecule has 1 heterocycles. The molecule has 1 aliphatic heterocycles. The van der Waals surface area contributed by atoms with E-state index in [-0.39, 0.29) is 30.0 Å². The van der Waals surface area contributed by atoms with Crippen molar-refractivity contribution in [2.24, 2.45) is 11.7 Å². The molecule has 0 aliphatic carbocycles. The molecule has 94 valence electrons. The molecule has 0 saturated carbocycles. The number of carbonyl (C=O) groups is 1. The van der Waals surface area contributed by atoms with Crippen LogP contribution in [0.15, 0.2) is 0 Å². The first-order valence-corrected chi connectivity index (χ1v) is 6.15. The molecule has 4 nitrogen and oxygen atoms in total. The Morgan fingerprint density at radius 3 is 2.75 bits per heavy atom. The first-order valence-electron chi connectivity index (χ1n) is 6.15. The van der Waals surface area contributed by atoms with E-state index in [1.807, 2.05) is 25.7 Å². The van der Waals surface area contributed by atoms with E-state index in [0.717, 1.165) is 6.42 Å². The Bertz CT molecular complexity index is 245. The van der Waals surface area contributed by atoms with E-state index in [0.29, 0.717) is 13.2 Å². The summed E-state index contributed by atoms with van der Waals surface area (Å²) in [4.78, 5) is 14.1.